The third-order valence-corrected chi connectivity index (χ3v) is 5.89. The lowest BCUT2D eigenvalue weighted by molar-refractivity contribution is 0.459. The van der Waals surface area contributed by atoms with Crippen LogP contribution in [-0.4, -0.2) is 36.3 Å². The predicted octanol–water partition coefficient (Wildman–Crippen LogP) is 3.65. The number of nitrogens with one attached hydrogen (secondary N) is 1. The van der Waals surface area contributed by atoms with Gasteiger partial charge in [0.1, 0.15) is 5.82 Å². The fourth-order valence-electron chi connectivity index (χ4n) is 2.56. The Labute approximate surface area is 142 Å². The summed E-state index contributed by atoms with van der Waals surface area (Å²) in [7, 11) is -1.85. The molecule has 0 aliphatic rings. The van der Waals surface area contributed by atoms with Gasteiger partial charge in [-0.15, -0.1) is 0 Å². The number of aromatic amines is 1. The van der Waals surface area contributed by atoms with Gasteiger partial charge in [-0.05, 0) is 24.6 Å². The van der Waals surface area contributed by atoms with E-state index >= 15 is 0 Å². The minimum atomic E-state index is -3.47. The van der Waals surface area contributed by atoms with E-state index in [1.807, 2.05) is 37.3 Å². The molecule has 0 saturated carbocycles. The summed E-state index contributed by atoms with van der Waals surface area (Å²) in [6.07, 6.45) is 1.81. The van der Waals surface area contributed by atoms with Crippen LogP contribution in [0.25, 0.3) is 22.4 Å². The highest BCUT2D eigenvalue weighted by Gasteiger charge is 2.21. The summed E-state index contributed by atoms with van der Waals surface area (Å²) in [4.78, 5) is 8.04. The second kappa shape index (κ2) is 6.75. The maximum atomic E-state index is 12.7. The summed E-state index contributed by atoms with van der Waals surface area (Å²) >= 11 is 0. The van der Waals surface area contributed by atoms with Gasteiger partial charge in [0, 0.05) is 19.2 Å². The molecule has 126 valence electrons. The van der Waals surface area contributed by atoms with Gasteiger partial charge in [0.15, 0.2) is 0 Å². The molecule has 0 bridgehead atoms. The topological polar surface area (TPSA) is 66.1 Å². The van der Waals surface area contributed by atoms with Crippen LogP contribution in [0.2, 0.25) is 0 Å². The summed E-state index contributed by atoms with van der Waals surface area (Å²) < 4.78 is 26.7. The minimum absolute atomic E-state index is 0.289. The van der Waals surface area contributed by atoms with Crippen LogP contribution in [0, 0.1) is 0 Å². The third-order valence-electron chi connectivity index (χ3n) is 4.04. The summed E-state index contributed by atoms with van der Waals surface area (Å²) in [5, 5.41) is 0. The van der Waals surface area contributed by atoms with Crippen LogP contribution < -0.4 is 0 Å². The molecule has 0 amide bonds. The maximum absolute atomic E-state index is 12.7. The number of nitrogens with zero attached hydrogens (tertiary/aromatic N) is 2. The average Bonchev–Trinajstić information content (AvgIpc) is 3.03. The lowest BCUT2D eigenvalue weighted by atomic mass is 10.2. The number of aromatic nitrogens is 2. The number of benzene rings is 2. The molecular weight excluding hydrogens is 322 g/mol. The first kappa shape index (κ1) is 16.7. The zero-order valence-electron chi connectivity index (χ0n) is 13.9. The molecule has 0 aliphatic carbocycles. The number of sulfonamides is 1. The molecule has 0 saturated heterocycles. The van der Waals surface area contributed by atoms with Crippen LogP contribution in [0.3, 0.4) is 0 Å². The molecule has 3 rings (SSSR count). The van der Waals surface area contributed by atoms with Crippen molar-refractivity contribution >= 4 is 21.1 Å². The van der Waals surface area contributed by atoms with Gasteiger partial charge in [-0.25, -0.2) is 17.7 Å². The molecular formula is C18H21N3O2S. The first-order valence-corrected chi connectivity index (χ1v) is 9.48. The molecule has 0 radical (unpaired) electrons. The highest BCUT2D eigenvalue weighted by molar-refractivity contribution is 7.89. The van der Waals surface area contributed by atoms with E-state index in [0.29, 0.717) is 6.54 Å². The van der Waals surface area contributed by atoms with Gasteiger partial charge < -0.3 is 4.98 Å². The van der Waals surface area contributed by atoms with Crippen molar-refractivity contribution in [3.63, 3.8) is 0 Å². The van der Waals surface area contributed by atoms with Crippen molar-refractivity contribution in [2.24, 2.45) is 0 Å². The van der Waals surface area contributed by atoms with E-state index in [1.165, 1.54) is 4.31 Å². The predicted molar refractivity (Wildman–Crippen MR) is 96.3 cm³/mol. The molecule has 2 aromatic carbocycles. The SMILES string of the molecule is CCCCN(C)S(=O)(=O)c1ccc2nc(-c3ccccc3)[nH]c2c1. The number of rotatable bonds is 6. The molecule has 6 heteroatoms. The molecule has 1 N–H and O–H groups in total. The Balaban J connectivity index is 1.97. The Bertz CT molecular complexity index is 933. The molecule has 3 aromatic rings. The monoisotopic (exact) mass is 343 g/mol. The smallest absolute Gasteiger partial charge is 0.242 e. The number of fused-ring (bicyclic) bond motifs is 1. The molecule has 0 fully saturated rings. The van der Waals surface area contributed by atoms with Gasteiger partial charge in [-0.2, -0.15) is 0 Å². The summed E-state index contributed by atoms with van der Waals surface area (Å²) in [5.74, 6) is 0.736. The van der Waals surface area contributed by atoms with Crippen LogP contribution in [0.5, 0.6) is 0 Å². The third kappa shape index (κ3) is 3.20. The zero-order valence-corrected chi connectivity index (χ0v) is 14.7. The Morgan fingerprint density at radius 2 is 1.88 bits per heavy atom. The number of H-pyrrole nitrogens is 1. The second-order valence-corrected chi connectivity index (χ2v) is 7.86. The molecule has 24 heavy (non-hydrogen) atoms. The van der Waals surface area contributed by atoms with Crippen LogP contribution in [0.1, 0.15) is 19.8 Å². The van der Waals surface area contributed by atoms with Crippen molar-refractivity contribution in [2.45, 2.75) is 24.7 Å². The first-order valence-electron chi connectivity index (χ1n) is 8.04. The summed E-state index contributed by atoms with van der Waals surface area (Å²) in [5.41, 5.74) is 2.45. The van der Waals surface area contributed by atoms with Gasteiger partial charge in [0.05, 0.1) is 15.9 Å². The van der Waals surface area contributed by atoms with E-state index < -0.39 is 10.0 Å². The van der Waals surface area contributed by atoms with E-state index in [1.54, 1.807) is 25.2 Å². The lowest BCUT2D eigenvalue weighted by Crippen LogP contribution is -2.27. The molecule has 1 aromatic heterocycles. The maximum Gasteiger partial charge on any atom is 0.242 e. The lowest BCUT2D eigenvalue weighted by Gasteiger charge is -2.16. The summed E-state index contributed by atoms with van der Waals surface area (Å²) in [6.45, 7) is 2.57. The largest absolute Gasteiger partial charge is 0.338 e. The number of hydrogen-bond acceptors (Lipinski definition) is 3. The Kier molecular flexibility index (Phi) is 4.69. The van der Waals surface area contributed by atoms with Crippen molar-refractivity contribution in [1.82, 2.24) is 14.3 Å². The molecule has 0 atom stereocenters. The highest BCUT2D eigenvalue weighted by Crippen LogP contribution is 2.24. The first-order chi connectivity index (χ1) is 11.5. The Morgan fingerprint density at radius 1 is 1.12 bits per heavy atom. The molecule has 0 aliphatic heterocycles. The van der Waals surface area contributed by atoms with Gasteiger partial charge in [-0.1, -0.05) is 43.7 Å². The van der Waals surface area contributed by atoms with E-state index in [2.05, 4.69) is 9.97 Å². The number of hydrogen-bond donors (Lipinski definition) is 1. The molecule has 1 heterocycles. The fourth-order valence-corrected chi connectivity index (χ4v) is 3.80. The quantitative estimate of drug-likeness (QED) is 0.743. The van der Waals surface area contributed by atoms with E-state index in [4.69, 9.17) is 0 Å². The number of unbranched alkanes of at least 4 members (excludes halogenated alkanes) is 1. The van der Waals surface area contributed by atoms with Gasteiger partial charge in [0.2, 0.25) is 10.0 Å². The Hall–Kier alpha value is -2.18. The van der Waals surface area contributed by atoms with E-state index in [-0.39, 0.29) is 4.90 Å². The standard InChI is InChI=1S/C18H21N3O2S/c1-3-4-12-21(2)24(22,23)15-10-11-16-17(13-15)20-18(19-16)14-8-6-5-7-9-14/h5-11,13H,3-4,12H2,1-2H3,(H,19,20). The minimum Gasteiger partial charge on any atom is -0.338 e. The van der Waals surface area contributed by atoms with Crippen molar-refractivity contribution in [3.05, 3.63) is 48.5 Å². The Morgan fingerprint density at radius 3 is 2.58 bits per heavy atom. The van der Waals surface area contributed by atoms with Crippen LogP contribution in [0.15, 0.2) is 53.4 Å². The second-order valence-electron chi connectivity index (χ2n) is 5.81. The van der Waals surface area contributed by atoms with Gasteiger partial charge in [0.25, 0.3) is 0 Å². The van der Waals surface area contributed by atoms with Crippen molar-refractivity contribution < 1.29 is 8.42 Å². The number of imidazole rings is 1. The van der Waals surface area contributed by atoms with Gasteiger partial charge in [-0.3, -0.25) is 0 Å². The van der Waals surface area contributed by atoms with Crippen LogP contribution in [-0.2, 0) is 10.0 Å². The van der Waals surface area contributed by atoms with Gasteiger partial charge >= 0.3 is 0 Å². The normalized spacial score (nSPS) is 12.1. The fraction of sp³-hybridized carbons (Fsp3) is 0.278. The van der Waals surface area contributed by atoms with Crippen LogP contribution in [0.4, 0.5) is 0 Å². The average molecular weight is 343 g/mol. The molecule has 0 spiro atoms. The molecule has 0 unspecified atom stereocenters. The van der Waals surface area contributed by atoms with Crippen LogP contribution >= 0.6 is 0 Å². The van der Waals surface area contributed by atoms with Crippen molar-refractivity contribution in [2.75, 3.05) is 13.6 Å². The van der Waals surface area contributed by atoms with E-state index in [9.17, 15) is 8.42 Å². The van der Waals surface area contributed by atoms with Crippen molar-refractivity contribution in [1.29, 1.82) is 0 Å². The zero-order chi connectivity index (χ0) is 17.2. The highest BCUT2D eigenvalue weighted by atomic mass is 32.2. The summed E-state index contributed by atoms with van der Waals surface area (Å²) in [6, 6.07) is 14.8. The van der Waals surface area contributed by atoms with Crippen molar-refractivity contribution in [3.8, 4) is 11.4 Å². The van der Waals surface area contributed by atoms with E-state index in [0.717, 1.165) is 35.3 Å². The molecule has 5 nitrogen and oxygen atoms in total.